The lowest BCUT2D eigenvalue weighted by atomic mass is 9.80. The van der Waals surface area contributed by atoms with Crippen molar-refractivity contribution in [2.45, 2.75) is 51.2 Å². The Labute approximate surface area is 159 Å². The number of rotatable bonds is 4. The molecule has 0 aromatic carbocycles. The molecule has 4 rings (SSSR count). The molecule has 0 amide bonds. The largest absolute Gasteiger partial charge is 0.414 e. The summed E-state index contributed by atoms with van der Waals surface area (Å²) >= 11 is 6.13. The van der Waals surface area contributed by atoms with Crippen LogP contribution in [-0.2, 0) is 9.16 Å². The van der Waals surface area contributed by atoms with Crippen LogP contribution in [0.4, 0.5) is 0 Å². The van der Waals surface area contributed by atoms with Gasteiger partial charge in [0.2, 0.25) is 0 Å². The minimum Gasteiger partial charge on any atom is -0.414 e. The smallest absolute Gasteiger partial charge is 0.192 e. The van der Waals surface area contributed by atoms with Crippen LogP contribution >= 0.6 is 11.6 Å². The Morgan fingerprint density at radius 1 is 1.19 bits per heavy atom. The lowest BCUT2D eigenvalue weighted by molar-refractivity contribution is -0.0264. The van der Waals surface area contributed by atoms with Gasteiger partial charge in [0, 0.05) is 11.8 Å². The van der Waals surface area contributed by atoms with E-state index in [0.717, 1.165) is 0 Å². The zero-order valence-corrected chi connectivity index (χ0v) is 17.6. The zero-order chi connectivity index (χ0) is 18.7. The van der Waals surface area contributed by atoms with E-state index in [0.29, 0.717) is 34.8 Å². The lowest BCUT2D eigenvalue weighted by Crippen LogP contribution is -2.43. The van der Waals surface area contributed by atoms with E-state index in [1.54, 1.807) is 6.33 Å². The lowest BCUT2D eigenvalue weighted by Gasteiger charge is -2.37. The Balaban J connectivity index is 1.54. The van der Waals surface area contributed by atoms with Crippen LogP contribution in [0.3, 0.4) is 0 Å². The fourth-order valence-corrected chi connectivity index (χ4v) is 4.49. The molecule has 0 radical (unpaired) electrons. The highest BCUT2D eigenvalue weighted by atomic mass is 35.5. The van der Waals surface area contributed by atoms with Crippen LogP contribution in [0.2, 0.25) is 23.3 Å². The second-order valence-electron chi connectivity index (χ2n) is 8.66. The van der Waals surface area contributed by atoms with Crippen molar-refractivity contribution >= 4 is 31.1 Å². The van der Waals surface area contributed by atoms with E-state index in [2.05, 4.69) is 61.0 Å². The summed E-state index contributed by atoms with van der Waals surface area (Å²) in [6, 6.07) is 0. The van der Waals surface area contributed by atoms with Crippen molar-refractivity contribution in [1.29, 1.82) is 0 Å². The minimum atomic E-state index is -1.80. The molecule has 6 nitrogen and oxygen atoms in total. The Morgan fingerprint density at radius 3 is 2.58 bits per heavy atom. The first-order valence-corrected chi connectivity index (χ1v) is 12.3. The molecule has 0 bridgehead atoms. The summed E-state index contributed by atoms with van der Waals surface area (Å²) in [7, 11) is -1.80. The standard InChI is InChI=1S/C18H25ClN4O2Si/c1-18(2,3)26(4,5)24-8-13-11-6-7-12(11)17(25-13)23-10-22-14-15(19)20-9-21-16(14)23/h6-7,9-13,17H,8H2,1-5H3/t11-,12+,13+,17-/m0/s1. The molecule has 8 heteroatoms. The molecular formula is C18H25ClN4O2Si. The molecule has 1 saturated heterocycles. The van der Waals surface area contributed by atoms with Gasteiger partial charge in [-0.05, 0) is 18.1 Å². The molecular weight excluding hydrogens is 368 g/mol. The first-order valence-electron chi connectivity index (χ1n) is 9.00. The summed E-state index contributed by atoms with van der Waals surface area (Å²) in [5, 5.41) is 0.555. The van der Waals surface area contributed by atoms with Crippen molar-refractivity contribution in [2.24, 2.45) is 11.8 Å². The zero-order valence-electron chi connectivity index (χ0n) is 15.8. The first-order chi connectivity index (χ1) is 12.2. The number of ether oxygens (including phenoxy) is 1. The van der Waals surface area contributed by atoms with E-state index in [1.807, 2.05) is 4.57 Å². The second-order valence-corrected chi connectivity index (χ2v) is 13.8. The van der Waals surface area contributed by atoms with Crippen molar-refractivity contribution in [3.63, 3.8) is 0 Å². The van der Waals surface area contributed by atoms with Crippen LogP contribution in [-0.4, -0.2) is 40.5 Å². The van der Waals surface area contributed by atoms with Crippen molar-refractivity contribution in [3.05, 3.63) is 30.0 Å². The average molecular weight is 393 g/mol. The SMILES string of the molecule is CC(C)(C)[Si](C)(C)OC[C@H]1O[C@H](n2cnc3c(Cl)ncnc32)[C@@H]2C=C[C@@H]21. The summed E-state index contributed by atoms with van der Waals surface area (Å²) in [5.74, 6) is 0.689. The van der Waals surface area contributed by atoms with Gasteiger partial charge >= 0.3 is 0 Å². The normalized spacial score (nSPS) is 28.4. The van der Waals surface area contributed by atoms with E-state index < -0.39 is 8.32 Å². The van der Waals surface area contributed by atoms with Gasteiger partial charge in [-0.3, -0.25) is 4.57 Å². The molecule has 1 aliphatic heterocycles. The third-order valence-electron chi connectivity index (χ3n) is 6.08. The molecule has 140 valence electrons. The highest BCUT2D eigenvalue weighted by molar-refractivity contribution is 6.74. The van der Waals surface area contributed by atoms with E-state index in [4.69, 9.17) is 20.8 Å². The summed E-state index contributed by atoms with van der Waals surface area (Å²) in [6.45, 7) is 11.9. The maximum atomic E-state index is 6.41. The fraction of sp³-hybridized carbons (Fsp3) is 0.611. The Kier molecular flexibility index (Phi) is 4.26. The number of hydrogen-bond donors (Lipinski definition) is 0. The predicted molar refractivity (Wildman–Crippen MR) is 104 cm³/mol. The molecule has 1 aliphatic carbocycles. The Bertz CT molecular complexity index is 860. The highest BCUT2D eigenvalue weighted by Crippen LogP contribution is 2.48. The van der Waals surface area contributed by atoms with E-state index in [1.165, 1.54) is 6.33 Å². The van der Waals surface area contributed by atoms with Gasteiger partial charge in [-0.1, -0.05) is 44.5 Å². The van der Waals surface area contributed by atoms with Crippen LogP contribution in [0.1, 0.15) is 27.0 Å². The molecule has 2 aromatic rings. The average Bonchev–Trinajstić information content (AvgIpc) is 3.04. The van der Waals surface area contributed by atoms with Gasteiger partial charge in [0.05, 0.1) is 19.0 Å². The van der Waals surface area contributed by atoms with Gasteiger partial charge in [-0.15, -0.1) is 0 Å². The number of nitrogens with zero attached hydrogens (tertiary/aromatic N) is 4. The van der Waals surface area contributed by atoms with E-state index in [9.17, 15) is 0 Å². The molecule has 4 atom stereocenters. The van der Waals surface area contributed by atoms with E-state index in [-0.39, 0.29) is 17.4 Å². The maximum Gasteiger partial charge on any atom is 0.192 e. The fourth-order valence-electron chi connectivity index (χ4n) is 3.30. The maximum absolute atomic E-state index is 6.41. The van der Waals surface area contributed by atoms with Crippen molar-refractivity contribution in [2.75, 3.05) is 6.61 Å². The van der Waals surface area contributed by atoms with Crippen LogP contribution < -0.4 is 0 Å². The van der Waals surface area contributed by atoms with Crippen LogP contribution in [0, 0.1) is 11.8 Å². The number of fused-ring (bicyclic) bond motifs is 2. The van der Waals surface area contributed by atoms with Gasteiger partial charge in [-0.2, -0.15) is 0 Å². The summed E-state index contributed by atoms with van der Waals surface area (Å²) in [4.78, 5) is 12.7. The van der Waals surface area contributed by atoms with Crippen LogP contribution in [0.15, 0.2) is 24.8 Å². The van der Waals surface area contributed by atoms with Crippen molar-refractivity contribution in [1.82, 2.24) is 19.5 Å². The van der Waals surface area contributed by atoms with E-state index >= 15 is 0 Å². The molecule has 3 heterocycles. The third-order valence-corrected chi connectivity index (χ3v) is 10.9. The van der Waals surface area contributed by atoms with Crippen molar-refractivity contribution in [3.8, 4) is 0 Å². The first kappa shape index (κ1) is 18.1. The molecule has 1 fully saturated rings. The van der Waals surface area contributed by atoms with Gasteiger partial charge < -0.3 is 9.16 Å². The number of halogens is 1. The molecule has 0 unspecified atom stereocenters. The number of aromatic nitrogens is 4. The van der Waals surface area contributed by atoms with Gasteiger partial charge in [0.25, 0.3) is 0 Å². The quantitative estimate of drug-likeness (QED) is 0.443. The molecule has 2 aliphatic rings. The van der Waals surface area contributed by atoms with Gasteiger partial charge in [-0.25, -0.2) is 15.0 Å². The van der Waals surface area contributed by atoms with Crippen LogP contribution in [0.25, 0.3) is 11.2 Å². The monoisotopic (exact) mass is 392 g/mol. The number of hydrogen-bond acceptors (Lipinski definition) is 5. The summed E-state index contributed by atoms with van der Waals surface area (Å²) in [6.07, 6.45) is 7.56. The minimum absolute atomic E-state index is 0.0545. The third kappa shape index (κ3) is 2.81. The van der Waals surface area contributed by atoms with Crippen LogP contribution in [0.5, 0.6) is 0 Å². The van der Waals surface area contributed by atoms with Gasteiger partial charge in [0.15, 0.2) is 19.1 Å². The summed E-state index contributed by atoms with van der Waals surface area (Å²) in [5.41, 5.74) is 1.32. The molecule has 0 spiro atoms. The van der Waals surface area contributed by atoms with Crippen molar-refractivity contribution < 1.29 is 9.16 Å². The highest BCUT2D eigenvalue weighted by Gasteiger charge is 2.48. The molecule has 0 N–H and O–H groups in total. The topological polar surface area (TPSA) is 62.1 Å². The molecule has 0 saturated carbocycles. The molecule has 2 aromatic heterocycles. The van der Waals surface area contributed by atoms with Gasteiger partial charge in [0.1, 0.15) is 18.1 Å². The predicted octanol–water partition coefficient (Wildman–Crippen LogP) is 4.20. The Morgan fingerprint density at radius 2 is 1.92 bits per heavy atom. The Hall–Kier alpha value is -1.28. The summed E-state index contributed by atoms with van der Waals surface area (Å²) < 4.78 is 14.8. The second kappa shape index (κ2) is 6.12. The molecule has 26 heavy (non-hydrogen) atoms. The number of imidazole rings is 1.